The molecule has 0 radical (unpaired) electrons. The van der Waals surface area contributed by atoms with Crippen molar-refractivity contribution in [3.8, 4) is 0 Å². The van der Waals surface area contributed by atoms with E-state index in [-0.39, 0.29) is 29.6 Å². The Kier molecular flexibility index (Phi) is 4.58. The van der Waals surface area contributed by atoms with Crippen LogP contribution in [-0.4, -0.2) is 55.7 Å². The number of hydrogen-bond donors (Lipinski definition) is 1. The third-order valence-electron chi connectivity index (χ3n) is 4.87. The SMILES string of the molecule is CC1CCCC(CO)(CN2CCS(=O)(=O)CC2C)C1. The smallest absolute Gasteiger partial charge is 0.153 e. The van der Waals surface area contributed by atoms with Crippen LogP contribution in [0.3, 0.4) is 0 Å². The van der Waals surface area contributed by atoms with E-state index in [1.54, 1.807) is 0 Å². The average molecular weight is 289 g/mol. The van der Waals surface area contributed by atoms with Gasteiger partial charge in [0, 0.05) is 31.2 Å². The molecule has 2 fully saturated rings. The fraction of sp³-hybridized carbons (Fsp3) is 1.00. The Labute approximate surface area is 117 Å². The molecule has 0 spiro atoms. The van der Waals surface area contributed by atoms with E-state index in [0.717, 1.165) is 19.4 Å². The lowest BCUT2D eigenvalue weighted by Crippen LogP contribution is -2.52. The third-order valence-corrected chi connectivity index (χ3v) is 6.66. The predicted molar refractivity (Wildman–Crippen MR) is 76.8 cm³/mol. The van der Waals surface area contributed by atoms with Gasteiger partial charge in [-0.15, -0.1) is 0 Å². The first-order valence-corrected chi connectivity index (χ1v) is 9.23. The number of hydrogen-bond acceptors (Lipinski definition) is 4. The molecular formula is C14H27NO3S. The van der Waals surface area contributed by atoms with Crippen molar-refractivity contribution >= 4 is 9.84 Å². The molecule has 4 nitrogen and oxygen atoms in total. The zero-order valence-corrected chi connectivity index (χ0v) is 13.0. The number of rotatable bonds is 3. The maximum atomic E-state index is 11.6. The lowest BCUT2D eigenvalue weighted by atomic mass is 9.70. The monoisotopic (exact) mass is 289 g/mol. The molecule has 0 aromatic heterocycles. The molecule has 3 atom stereocenters. The maximum Gasteiger partial charge on any atom is 0.153 e. The Balaban J connectivity index is 2.02. The summed E-state index contributed by atoms with van der Waals surface area (Å²) in [5.41, 5.74) is -0.00692. The van der Waals surface area contributed by atoms with Gasteiger partial charge < -0.3 is 5.11 Å². The minimum atomic E-state index is -2.85. The molecule has 5 heteroatoms. The molecule has 0 aromatic carbocycles. The van der Waals surface area contributed by atoms with E-state index in [4.69, 9.17) is 0 Å². The highest BCUT2D eigenvalue weighted by Crippen LogP contribution is 2.40. The molecule has 1 heterocycles. The van der Waals surface area contributed by atoms with Gasteiger partial charge in [0.15, 0.2) is 9.84 Å². The minimum absolute atomic E-state index is 0.00692. The number of aliphatic hydroxyl groups excluding tert-OH is 1. The van der Waals surface area contributed by atoms with Crippen LogP contribution in [0, 0.1) is 11.3 Å². The van der Waals surface area contributed by atoms with Gasteiger partial charge in [-0.05, 0) is 25.7 Å². The van der Waals surface area contributed by atoms with Crippen LogP contribution in [0.4, 0.5) is 0 Å². The fourth-order valence-electron chi connectivity index (χ4n) is 3.80. The zero-order chi connectivity index (χ0) is 14.1. The van der Waals surface area contributed by atoms with E-state index in [1.165, 1.54) is 12.8 Å². The average Bonchev–Trinajstić information content (AvgIpc) is 2.32. The summed E-state index contributed by atoms with van der Waals surface area (Å²) in [6.07, 6.45) is 4.58. The highest BCUT2D eigenvalue weighted by Gasteiger charge is 2.39. The van der Waals surface area contributed by atoms with Crippen molar-refractivity contribution in [1.29, 1.82) is 0 Å². The van der Waals surface area contributed by atoms with Gasteiger partial charge in [0.25, 0.3) is 0 Å². The van der Waals surface area contributed by atoms with Crippen LogP contribution in [0.25, 0.3) is 0 Å². The Morgan fingerprint density at radius 1 is 1.37 bits per heavy atom. The Morgan fingerprint density at radius 2 is 2.11 bits per heavy atom. The predicted octanol–water partition coefficient (Wildman–Crippen LogP) is 1.29. The lowest BCUT2D eigenvalue weighted by Gasteiger charge is -2.45. The van der Waals surface area contributed by atoms with Crippen LogP contribution in [-0.2, 0) is 9.84 Å². The third kappa shape index (κ3) is 3.70. The summed E-state index contributed by atoms with van der Waals surface area (Å²) in [5.74, 6) is 1.21. The molecule has 2 rings (SSSR count). The molecule has 1 saturated carbocycles. The van der Waals surface area contributed by atoms with Gasteiger partial charge in [0.2, 0.25) is 0 Å². The summed E-state index contributed by atoms with van der Waals surface area (Å²) in [6, 6.07) is 0.0828. The van der Waals surface area contributed by atoms with Gasteiger partial charge in [0.1, 0.15) is 0 Å². The summed E-state index contributed by atoms with van der Waals surface area (Å²) in [5, 5.41) is 9.83. The summed E-state index contributed by atoms with van der Waals surface area (Å²) in [7, 11) is -2.85. The zero-order valence-electron chi connectivity index (χ0n) is 12.1. The van der Waals surface area contributed by atoms with Crippen LogP contribution >= 0.6 is 0 Å². The molecular weight excluding hydrogens is 262 g/mol. The van der Waals surface area contributed by atoms with Crippen LogP contribution in [0.5, 0.6) is 0 Å². The van der Waals surface area contributed by atoms with Crippen molar-refractivity contribution in [2.75, 3.05) is 31.2 Å². The Hall–Kier alpha value is -0.130. The quantitative estimate of drug-likeness (QED) is 0.851. The van der Waals surface area contributed by atoms with E-state index in [2.05, 4.69) is 11.8 Å². The highest BCUT2D eigenvalue weighted by molar-refractivity contribution is 7.91. The van der Waals surface area contributed by atoms with Gasteiger partial charge in [-0.25, -0.2) is 8.42 Å². The van der Waals surface area contributed by atoms with Crippen molar-refractivity contribution < 1.29 is 13.5 Å². The summed E-state index contributed by atoms with van der Waals surface area (Å²) < 4.78 is 23.2. The van der Waals surface area contributed by atoms with Crippen LogP contribution in [0.15, 0.2) is 0 Å². The Morgan fingerprint density at radius 3 is 2.68 bits per heavy atom. The molecule has 3 unspecified atom stereocenters. The van der Waals surface area contributed by atoms with Gasteiger partial charge in [-0.2, -0.15) is 0 Å². The van der Waals surface area contributed by atoms with Gasteiger partial charge in [-0.1, -0.05) is 19.8 Å². The molecule has 19 heavy (non-hydrogen) atoms. The summed E-state index contributed by atoms with van der Waals surface area (Å²) in [6.45, 7) is 5.96. The van der Waals surface area contributed by atoms with E-state index in [9.17, 15) is 13.5 Å². The summed E-state index contributed by atoms with van der Waals surface area (Å²) in [4.78, 5) is 2.27. The number of sulfone groups is 1. The van der Waals surface area contributed by atoms with E-state index in [0.29, 0.717) is 12.5 Å². The van der Waals surface area contributed by atoms with Crippen molar-refractivity contribution in [2.45, 2.75) is 45.6 Å². The first-order chi connectivity index (χ1) is 8.86. The van der Waals surface area contributed by atoms with Crippen LogP contribution in [0.1, 0.15) is 39.5 Å². The van der Waals surface area contributed by atoms with Gasteiger partial charge in [-0.3, -0.25) is 4.90 Å². The molecule has 0 aromatic rings. The molecule has 1 N–H and O–H groups in total. The lowest BCUT2D eigenvalue weighted by molar-refractivity contribution is 0.0160. The number of nitrogens with zero attached hydrogens (tertiary/aromatic N) is 1. The second-order valence-electron chi connectivity index (χ2n) is 6.79. The molecule has 1 aliphatic carbocycles. The topological polar surface area (TPSA) is 57.6 Å². The van der Waals surface area contributed by atoms with Gasteiger partial charge in [0.05, 0.1) is 11.5 Å². The molecule has 0 amide bonds. The van der Waals surface area contributed by atoms with E-state index in [1.807, 2.05) is 6.92 Å². The standard InChI is InChI=1S/C14H27NO3S/c1-12-4-3-5-14(8-12,11-16)10-15-6-7-19(17,18)9-13(15)2/h12-13,16H,3-11H2,1-2H3. The van der Waals surface area contributed by atoms with Crippen LogP contribution in [0.2, 0.25) is 0 Å². The van der Waals surface area contributed by atoms with E-state index >= 15 is 0 Å². The minimum Gasteiger partial charge on any atom is -0.396 e. The molecule has 1 aliphatic heterocycles. The van der Waals surface area contributed by atoms with Crippen LogP contribution < -0.4 is 0 Å². The van der Waals surface area contributed by atoms with Crippen molar-refractivity contribution in [2.24, 2.45) is 11.3 Å². The Bertz CT molecular complexity index is 409. The fourth-order valence-corrected chi connectivity index (χ4v) is 5.43. The molecule has 2 aliphatic rings. The van der Waals surface area contributed by atoms with Gasteiger partial charge >= 0.3 is 0 Å². The first-order valence-electron chi connectivity index (χ1n) is 7.41. The van der Waals surface area contributed by atoms with Crippen molar-refractivity contribution in [3.05, 3.63) is 0 Å². The maximum absolute atomic E-state index is 11.6. The first kappa shape index (κ1) is 15.3. The normalized spacial score (nSPS) is 40.2. The largest absolute Gasteiger partial charge is 0.396 e. The second kappa shape index (κ2) is 5.70. The summed E-state index contributed by atoms with van der Waals surface area (Å²) >= 11 is 0. The number of aliphatic hydroxyl groups is 1. The van der Waals surface area contributed by atoms with Crippen molar-refractivity contribution in [1.82, 2.24) is 4.90 Å². The molecule has 0 bridgehead atoms. The molecule has 112 valence electrons. The molecule has 1 saturated heterocycles. The highest BCUT2D eigenvalue weighted by atomic mass is 32.2. The van der Waals surface area contributed by atoms with E-state index < -0.39 is 9.84 Å². The van der Waals surface area contributed by atoms with Crippen molar-refractivity contribution in [3.63, 3.8) is 0 Å². The second-order valence-corrected chi connectivity index (χ2v) is 9.02.